The number of rotatable bonds is 4. The summed E-state index contributed by atoms with van der Waals surface area (Å²) in [4.78, 5) is 0. The summed E-state index contributed by atoms with van der Waals surface area (Å²) >= 11 is 9.28. The molecule has 0 aromatic heterocycles. The summed E-state index contributed by atoms with van der Waals surface area (Å²) < 4.78 is 5.89. The molecule has 0 fully saturated rings. The van der Waals surface area contributed by atoms with Crippen LogP contribution in [-0.4, -0.2) is 13.7 Å². The summed E-state index contributed by atoms with van der Waals surface area (Å²) in [6.07, 6.45) is 0. The molecule has 0 saturated carbocycles. The second kappa shape index (κ2) is 5.68. The molecule has 3 N–H and O–H groups in total. The fraction of sp³-hybridized carbons (Fsp3) is 0.333. The highest BCUT2D eigenvalue weighted by atomic mass is 79.9. The van der Waals surface area contributed by atoms with Gasteiger partial charge in [0, 0.05) is 11.6 Å². The lowest BCUT2D eigenvalue weighted by Gasteiger charge is -2.15. The first-order valence-corrected chi connectivity index (χ1v) is 5.26. The zero-order valence-electron chi connectivity index (χ0n) is 7.76. The number of hydrazine groups is 1. The lowest BCUT2D eigenvalue weighted by molar-refractivity contribution is 0.167. The Balaban J connectivity index is 2.88. The van der Waals surface area contributed by atoms with Gasteiger partial charge in [-0.05, 0) is 33.6 Å². The molecule has 0 bridgehead atoms. The Morgan fingerprint density at radius 1 is 1.64 bits per heavy atom. The van der Waals surface area contributed by atoms with E-state index < -0.39 is 0 Å². The molecule has 1 atom stereocenters. The van der Waals surface area contributed by atoms with Gasteiger partial charge in [-0.3, -0.25) is 11.3 Å². The Labute approximate surface area is 96.7 Å². The van der Waals surface area contributed by atoms with E-state index >= 15 is 0 Å². The van der Waals surface area contributed by atoms with Gasteiger partial charge in [-0.2, -0.15) is 0 Å². The van der Waals surface area contributed by atoms with Crippen molar-refractivity contribution in [2.24, 2.45) is 5.84 Å². The number of hydrogen-bond donors (Lipinski definition) is 2. The van der Waals surface area contributed by atoms with Gasteiger partial charge in [-0.25, -0.2) is 0 Å². The smallest absolute Gasteiger partial charge is 0.0694 e. The van der Waals surface area contributed by atoms with Gasteiger partial charge >= 0.3 is 0 Å². The molecule has 0 spiro atoms. The van der Waals surface area contributed by atoms with Crippen LogP contribution in [0.15, 0.2) is 22.7 Å². The highest BCUT2D eigenvalue weighted by molar-refractivity contribution is 9.10. The van der Waals surface area contributed by atoms with Crippen LogP contribution in [0.1, 0.15) is 11.6 Å². The van der Waals surface area contributed by atoms with Crippen molar-refractivity contribution in [3.05, 3.63) is 33.3 Å². The van der Waals surface area contributed by atoms with Crippen molar-refractivity contribution in [3.63, 3.8) is 0 Å². The molecule has 3 nitrogen and oxygen atoms in total. The summed E-state index contributed by atoms with van der Waals surface area (Å²) in [7, 11) is 1.63. The second-order valence-corrected chi connectivity index (χ2v) is 4.11. The molecule has 0 amide bonds. The number of nitrogens with one attached hydrogen (secondary N) is 1. The van der Waals surface area contributed by atoms with E-state index in [9.17, 15) is 0 Å². The molecule has 1 unspecified atom stereocenters. The third-order valence-electron chi connectivity index (χ3n) is 1.88. The minimum Gasteiger partial charge on any atom is -0.383 e. The molecule has 0 aliphatic carbocycles. The van der Waals surface area contributed by atoms with Crippen molar-refractivity contribution in [1.82, 2.24) is 5.43 Å². The summed E-state index contributed by atoms with van der Waals surface area (Å²) in [5.74, 6) is 5.39. The molecule has 14 heavy (non-hydrogen) atoms. The molecule has 0 aliphatic heterocycles. The average molecular weight is 280 g/mol. The van der Waals surface area contributed by atoms with E-state index in [1.807, 2.05) is 18.2 Å². The largest absolute Gasteiger partial charge is 0.383 e. The molecule has 1 rings (SSSR count). The molecule has 1 aromatic carbocycles. The minimum absolute atomic E-state index is 0.0365. The summed E-state index contributed by atoms with van der Waals surface area (Å²) in [6, 6.07) is 5.65. The first-order valence-electron chi connectivity index (χ1n) is 4.09. The summed E-state index contributed by atoms with van der Waals surface area (Å²) in [5, 5.41) is 0.666. The minimum atomic E-state index is -0.0365. The normalized spacial score (nSPS) is 12.9. The SMILES string of the molecule is COCC(NN)c1ccc(Br)c(Cl)c1. The van der Waals surface area contributed by atoms with Crippen LogP contribution in [-0.2, 0) is 4.74 Å². The fourth-order valence-corrected chi connectivity index (χ4v) is 1.57. The number of nitrogens with two attached hydrogens (primary N) is 1. The monoisotopic (exact) mass is 278 g/mol. The van der Waals surface area contributed by atoms with Crippen LogP contribution in [0.3, 0.4) is 0 Å². The third-order valence-corrected chi connectivity index (χ3v) is 3.11. The average Bonchev–Trinajstić information content (AvgIpc) is 2.19. The van der Waals surface area contributed by atoms with Crippen molar-refractivity contribution >= 4 is 27.5 Å². The van der Waals surface area contributed by atoms with Crippen molar-refractivity contribution < 1.29 is 4.74 Å². The van der Waals surface area contributed by atoms with E-state index in [-0.39, 0.29) is 6.04 Å². The van der Waals surface area contributed by atoms with Gasteiger partial charge in [0.25, 0.3) is 0 Å². The predicted molar refractivity (Wildman–Crippen MR) is 61.1 cm³/mol. The van der Waals surface area contributed by atoms with Crippen LogP contribution >= 0.6 is 27.5 Å². The van der Waals surface area contributed by atoms with Crippen molar-refractivity contribution in [2.75, 3.05) is 13.7 Å². The van der Waals surface area contributed by atoms with Crippen LogP contribution < -0.4 is 11.3 Å². The van der Waals surface area contributed by atoms with Crippen LogP contribution in [0.5, 0.6) is 0 Å². The zero-order valence-corrected chi connectivity index (χ0v) is 10.1. The van der Waals surface area contributed by atoms with E-state index in [2.05, 4.69) is 21.4 Å². The maximum absolute atomic E-state index is 5.96. The van der Waals surface area contributed by atoms with Gasteiger partial charge in [0.15, 0.2) is 0 Å². The van der Waals surface area contributed by atoms with Gasteiger partial charge in [-0.1, -0.05) is 17.7 Å². The third kappa shape index (κ3) is 2.93. The highest BCUT2D eigenvalue weighted by Crippen LogP contribution is 2.25. The number of methoxy groups -OCH3 is 1. The number of ether oxygens (including phenoxy) is 1. The highest BCUT2D eigenvalue weighted by Gasteiger charge is 2.10. The molecule has 78 valence electrons. The van der Waals surface area contributed by atoms with E-state index in [1.165, 1.54) is 0 Å². The Morgan fingerprint density at radius 3 is 2.86 bits per heavy atom. The maximum atomic E-state index is 5.96. The molecule has 0 heterocycles. The fourth-order valence-electron chi connectivity index (χ4n) is 1.14. The first-order chi connectivity index (χ1) is 6.69. The van der Waals surface area contributed by atoms with E-state index in [1.54, 1.807) is 7.11 Å². The standard InChI is InChI=1S/C9H12BrClN2O/c1-14-5-9(13-12)6-2-3-7(10)8(11)4-6/h2-4,9,13H,5,12H2,1H3. The maximum Gasteiger partial charge on any atom is 0.0694 e. The Hall–Kier alpha value is -0.130. The molecule has 0 radical (unpaired) electrons. The second-order valence-electron chi connectivity index (χ2n) is 2.85. The summed E-state index contributed by atoms with van der Waals surface area (Å²) in [6.45, 7) is 0.508. The van der Waals surface area contributed by atoms with Gasteiger partial charge < -0.3 is 4.74 Å². The predicted octanol–water partition coefficient (Wildman–Crippen LogP) is 2.25. The van der Waals surface area contributed by atoms with Gasteiger partial charge in [0.05, 0.1) is 17.7 Å². The van der Waals surface area contributed by atoms with Crippen LogP contribution in [0.4, 0.5) is 0 Å². The lowest BCUT2D eigenvalue weighted by Crippen LogP contribution is -2.31. The molecule has 1 aromatic rings. The van der Waals surface area contributed by atoms with Crippen LogP contribution in [0.25, 0.3) is 0 Å². The molecule has 0 saturated heterocycles. The Kier molecular flexibility index (Phi) is 4.84. The van der Waals surface area contributed by atoms with Gasteiger partial charge in [0.1, 0.15) is 0 Å². The Morgan fingerprint density at radius 2 is 2.36 bits per heavy atom. The van der Waals surface area contributed by atoms with Gasteiger partial charge in [0.2, 0.25) is 0 Å². The van der Waals surface area contributed by atoms with Crippen molar-refractivity contribution in [2.45, 2.75) is 6.04 Å². The van der Waals surface area contributed by atoms with Crippen LogP contribution in [0.2, 0.25) is 5.02 Å². The van der Waals surface area contributed by atoms with E-state index in [0.717, 1.165) is 10.0 Å². The molecular formula is C9H12BrClN2O. The van der Waals surface area contributed by atoms with E-state index in [0.29, 0.717) is 11.6 Å². The number of benzene rings is 1. The number of hydrogen-bond acceptors (Lipinski definition) is 3. The number of halogens is 2. The lowest BCUT2D eigenvalue weighted by atomic mass is 10.1. The summed E-state index contributed by atoms with van der Waals surface area (Å²) in [5.41, 5.74) is 3.67. The topological polar surface area (TPSA) is 47.3 Å². The molecule has 5 heteroatoms. The van der Waals surface area contributed by atoms with Crippen LogP contribution in [0, 0.1) is 0 Å². The quantitative estimate of drug-likeness (QED) is 0.656. The molecule has 0 aliphatic rings. The van der Waals surface area contributed by atoms with E-state index in [4.69, 9.17) is 22.2 Å². The van der Waals surface area contributed by atoms with Crippen molar-refractivity contribution in [3.8, 4) is 0 Å². The van der Waals surface area contributed by atoms with Gasteiger partial charge in [-0.15, -0.1) is 0 Å². The first kappa shape index (κ1) is 11.9. The van der Waals surface area contributed by atoms with Crippen molar-refractivity contribution in [1.29, 1.82) is 0 Å². The zero-order chi connectivity index (χ0) is 10.6. The molecular weight excluding hydrogens is 267 g/mol. The Bertz CT molecular complexity index is 309.